The molecule has 7 nitrogen and oxygen atoms in total. The number of carbonyl (C=O) groups is 1. The fourth-order valence-electron chi connectivity index (χ4n) is 1.53. The maximum Gasteiger partial charge on any atom is 0.303 e. The molecule has 88 valence electrons. The first kappa shape index (κ1) is 12.3. The molecule has 1 saturated carbocycles. The van der Waals surface area contributed by atoms with Gasteiger partial charge in [-0.25, -0.2) is 0 Å². The van der Waals surface area contributed by atoms with Crippen LogP contribution in [0.1, 0.15) is 6.92 Å². The molecule has 5 N–H and O–H groups in total. The van der Waals surface area contributed by atoms with E-state index in [0.717, 1.165) is 6.92 Å². The average molecular weight is 222 g/mol. The minimum absolute atomic E-state index is 0.770. The van der Waals surface area contributed by atoms with Crippen LogP contribution < -0.4 is 0 Å². The Labute approximate surface area is 85.5 Å². The van der Waals surface area contributed by atoms with Gasteiger partial charge in [0.05, 0.1) is 0 Å². The molecule has 0 aromatic rings. The summed E-state index contributed by atoms with van der Waals surface area (Å²) in [7, 11) is 0. The van der Waals surface area contributed by atoms with Gasteiger partial charge >= 0.3 is 5.97 Å². The molecule has 0 bridgehead atoms. The second-order valence-electron chi connectivity index (χ2n) is 3.53. The van der Waals surface area contributed by atoms with Gasteiger partial charge in [-0.1, -0.05) is 0 Å². The van der Waals surface area contributed by atoms with Crippen molar-refractivity contribution in [3.05, 3.63) is 0 Å². The molecule has 1 aliphatic rings. The molecule has 0 spiro atoms. The van der Waals surface area contributed by atoms with E-state index >= 15 is 0 Å². The zero-order valence-electron chi connectivity index (χ0n) is 8.02. The fraction of sp³-hybridized carbons (Fsp3) is 0.875. The molecule has 0 radical (unpaired) electrons. The third-order valence-corrected chi connectivity index (χ3v) is 2.37. The van der Waals surface area contributed by atoms with Gasteiger partial charge in [-0.3, -0.25) is 4.79 Å². The smallest absolute Gasteiger partial charge is 0.303 e. The van der Waals surface area contributed by atoms with Crippen LogP contribution in [0, 0.1) is 0 Å². The standard InChI is InChI=1S/C8H14O7/c1-2(9)15-8-6(13)4(11)3(10)5(12)7(8)14/h3-8,10-14H,1H3/t3?,4-,5+,6-,7-,8?/m1/s1. The third kappa shape index (κ3) is 2.27. The molecule has 0 saturated heterocycles. The van der Waals surface area contributed by atoms with Crippen molar-refractivity contribution in [1.82, 2.24) is 0 Å². The highest BCUT2D eigenvalue weighted by atomic mass is 16.6. The Bertz CT molecular complexity index is 227. The summed E-state index contributed by atoms with van der Waals surface area (Å²) in [5, 5.41) is 46.5. The first-order chi connectivity index (χ1) is 6.86. The van der Waals surface area contributed by atoms with Crippen LogP contribution in [-0.4, -0.2) is 68.1 Å². The lowest BCUT2D eigenvalue weighted by molar-refractivity contribution is -0.232. The number of esters is 1. The summed E-state index contributed by atoms with van der Waals surface area (Å²) in [5.74, 6) is -0.770. The van der Waals surface area contributed by atoms with Gasteiger partial charge in [0.15, 0.2) is 6.10 Å². The quantitative estimate of drug-likeness (QED) is 0.294. The van der Waals surface area contributed by atoms with Gasteiger partial charge in [-0.05, 0) is 0 Å². The fourth-order valence-corrected chi connectivity index (χ4v) is 1.53. The van der Waals surface area contributed by atoms with Crippen molar-refractivity contribution in [3.63, 3.8) is 0 Å². The molecule has 1 fully saturated rings. The maximum absolute atomic E-state index is 10.6. The zero-order chi connectivity index (χ0) is 11.7. The topological polar surface area (TPSA) is 127 Å². The minimum Gasteiger partial charge on any atom is -0.457 e. The molecule has 6 atom stereocenters. The second kappa shape index (κ2) is 4.42. The summed E-state index contributed by atoms with van der Waals surface area (Å²) in [5.41, 5.74) is 0. The average Bonchev–Trinajstić information content (AvgIpc) is 2.18. The van der Waals surface area contributed by atoms with E-state index in [2.05, 4.69) is 4.74 Å². The molecule has 1 aliphatic carbocycles. The van der Waals surface area contributed by atoms with Crippen LogP contribution in [0.4, 0.5) is 0 Å². The summed E-state index contributed by atoms with van der Waals surface area (Å²) in [6, 6.07) is 0. The van der Waals surface area contributed by atoms with E-state index < -0.39 is 42.6 Å². The normalized spacial score (nSPS) is 46.3. The van der Waals surface area contributed by atoms with E-state index in [-0.39, 0.29) is 0 Å². The van der Waals surface area contributed by atoms with Gasteiger partial charge in [0.1, 0.15) is 30.5 Å². The number of carbonyl (C=O) groups excluding carboxylic acids is 1. The summed E-state index contributed by atoms with van der Waals surface area (Å²) in [6.07, 6.45) is -9.75. The van der Waals surface area contributed by atoms with Gasteiger partial charge in [-0.2, -0.15) is 0 Å². The Morgan fingerprint density at radius 3 is 1.53 bits per heavy atom. The summed E-state index contributed by atoms with van der Waals surface area (Å²) in [6.45, 7) is 1.06. The van der Waals surface area contributed by atoms with E-state index in [4.69, 9.17) is 0 Å². The van der Waals surface area contributed by atoms with Crippen LogP contribution in [0.3, 0.4) is 0 Å². The number of hydrogen-bond acceptors (Lipinski definition) is 7. The predicted molar refractivity (Wildman–Crippen MR) is 45.6 cm³/mol. The number of aliphatic hydroxyl groups is 5. The van der Waals surface area contributed by atoms with E-state index in [1.807, 2.05) is 0 Å². The predicted octanol–water partition coefficient (Wildman–Crippen LogP) is -3.26. The Morgan fingerprint density at radius 1 is 0.867 bits per heavy atom. The highest BCUT2D eigenvalue weighted by Gasteiger charge is 2.49. The third-order valence-electron chi connectivity index (χ3n) is 2.37. The van der Waals surface area contributed by atoms with Crippen LogP contribution in [-0.2, 0) is 9.53 Å². The van der Waals surface area contributed by atoms with Gasteiger partial charge < -0.3 is 30.3 Å². The lowest BCUT2D eigenvalue weighted by Crippen LogP contribution is -2.64. The summed E-state index contributed by atoms with van der Waals surface area (Å²) >= 11 is 0. The van der Waals surface area contributed by atoms with Crippen molar-refractivity contribution < 1.29 is 35.1 Å². The Kier molecular flexibility index (Phi) is 3.63. The Balaban J connectivity index is 2.81. The first-order valence-corrected chi connectivity index (χ1v) is 4.43. The molecule has 0 aromatic heterocycles. The molecule has 0 aromatic carbocycles. The molecular weight excluding hydrogens is 208 g/mol. The lowest BCUT2D eigenvalue weighted by Gasteiger charge is -2.40. The highest BCUT2D eigenvalue weighted by Crippen LogP contribution is 2.23. The van der Waals surface area contributed by atoms with E-state index in [9.17, 15) is 30.3 Å². The van der Waals surface area contributed by atoms with Gasteiger partial charge in [0, 0.05) is 6.92 Å². The lowest BCUT2D eigenvalue weighted by atomic mass is 9.85. The van der Waals surface area contributed by atoms with E-state index in [1.54, 1.807) is 0 Å². The Morgan fingerprint density at radius 2 is 1.20 bits per heavy atom. The highest BCUT2D eigenvalue weighted by molar-refractivity contribution is 5.66. The molecule has 0 amide bonds. The molecule has 15 heavy (non-hydrogen) atoms. The molecular formula is C8H14O7. The van der Waals surface area contributed by atoms with E-state index in [1.165, 1.54) is 0 Å². The van der Waals surface area contributed by atoms with Crippen LogP contribution in [0.2, 0.25) is 0 Å². The van der Waals surface area contributed by atoms with Crippen molar-refractivity contribution in [2.24, 2.45) is 0 Å². The monoisotopic (exact) mass is 222 g/mol. The van der Waals surface area contributed by atoms with E-state index in [0.29, 0.717) is 0 Å². The van der Waals surface area contributed by atoms with Crippen molar-refractivity contribution in [2.75, 3.05) is 0 Å². The molecule has 0 aliphatic heterocycles. The zero-order valence-corrected chi connectivity index (χ0v) is 8.02. The van der Waals surface area contributed by atoms with Crippen LogP contribution in [0.5, 0.6) is 0 Å². The van der Waals surface area contributed by atoms with Crippen molar-refractivity contribution in [2.45, 2.75) is 43.5 Å². The molecule has 1 rings (SSSR count). The second-order valence-corrected chi connectivity index (χ2v) is 3.53. The maximum atomic E-state index is 10.6. The van der Waals surface area contributed by atoms with Crippen molar-refractivity contribution in [3.8, 4) is 0 Å². The summed E-state index contributed by atoms with van der Waals surface area (Å²) in [4.78, 5) is 10.6. The first-order valence-electron chi connectivity index (χ1n) is 4.43. The number of ether oxygens (including phenoxy) is 1. The summed E-state index contributed by atoms with van der Waals surface area (Å²) < 4.78 is 4.53. The van der Waals surface area contributed by atoms with Crippen molar-refractivity contribution >= 4 is 5.97 Å². The van der Waals surface area contributed by atoms with Gasteiger partial charge in [0.25, 0.3) is 0 Å². The van der Waals surface area contributed by atoms with Gasteiger partial charge in [-0.15, -0.1) is 0 Å². The molecule has 2 unspecified atom stereocenters. The van der Waals surface area contributed by atoms with Crippen LogP contribution >= 0.6 is 0 Å². The van der Waals surface area contributed by atoms with Crippen LogP contribution in [0.25, 0.3) is 0 Å². The Hall–Kier alpha value is -0.730. The SMILES string of the molecule is CC(=O)OC1[C@H](O)[C@H](O)C(O)[C@H](O)[C@H]1O. The number of rotatable bonds is 1. The van der Waals surface area contributed by atoms with Crippen molar-refractivity contribution in [1.29, 1.82) is 0 Å². The minimum atomic E-state index is -1.68. The molecule has 7 heteroatoms. The van der Waals surface area contributed by atoms with Gasteiger partial charge in [0.2, 0.25) is 0 Å². The molecule has 0 heterocycles. The largest absolute Gasteiger partial charge is 0.457 e. The number of hydrogen-bond donors (Lipinski definition) is 5. The van der Waals surface area contributed by atoms with Crippen LogP contribution in [0.15, 0.2) is 0 Å². The number of aliphatic hydroxyl groups excluding tert-OH is 5.